The molecule has 1 saturated carbocycles. The fourth-order valence-corrected chi connectivity index (χ4v) is 2.45. The smallest absolute Gasteiger partial charge is 0.0360 e. The van der Waals surface area contributed by atoms with E-state index in [4.69, 9.17) is 0 Å². The van der Waals surface area contributed by atoms with Crippen LogP contribution in [0.2, 0.25) is 0 Å². The molecular formula is C11H22. The first-order chi connectivity index (χ1) is 5.13. The van der Waals surface area contributed by atoms with Crippen LogP contribution in [0.5, 0.6) is 0 Å². The summed E-state index contributed by atoms with van der Waals surface area (Å²) in [7, 11) is 0. The van der Waals surface area contributed by atoms with Gasteiger partial charge in [0, 0.05) is 0 Å². The third-order valence-corrected chi connectivity index (χ3v) is 3.65. The first kappa shape index (κ1) is 9.09. The maximum absolute atomic E-state index is 2.43. The molecule has 0 aromatic heterocycles. The van der Waals surface area contributed by atoms with Gasteiger partial charge in [0.1, 0.15) is 0 Å². The highest BCUT2D eigenvalue weighted by molar-refractivity contribution is 4.79. The Morgan fingerprint density at radius 2 is 1.73 bits per heavy atom. The van der Waals surface area contributed by atoms with Gasteiger partial charge in [0.15, 0.2) is 0 Å². The van der Waals surface area contributed by atoms with Crippen molar-refractivity contribution in [1.82, 2.24) is 0 Å². The predicted octanol–water partition coefficient (Wildman–Crippen LogP) is 3.71. The van der Waals surface area contributed by atoms with E-state index in [1.54, 1.807) is 0 Å². The minimum absolute atomic E-state index is 0.876. The zero-order valence-electron chi connectivity index (χ0n) is 8.43. The van der Waals surface area contributed by atoms with Crippen molar-refractivity contribution >= 4 is 0 Å². The Hall–Kier alpha value is 0. The summed E-state index contributed by atoms with van der Waals surface area (Å²) in [6.07, 6.45) is 4.44. The SMILES string of the molecule is CC(C)[C@@H](C)[C@H]1CCC[C@H]1C. The first-order valence-electron chi connectivity index (χ1n) is 5.13. The summed E-state index contributed by atoms with van der Waals surface area (Å²) in [5, 5.41) is 0. The van der Waals surface area contributed by atoms with Gasteiger partial charge in [0.25, 0.3) is 0 Å². The maximum Gasteiger partial charge on any atom is -0.0360 e. The Morgan fingerprint density at radius 1 is 1.09 bits per heavy atom. The molecule has 0 heterocycles. The molecule has 0 saturated heterocycles. The van der Waals surface area contributed by atoms with Crippen LogP contribution in [-0.4, -0.2) is 0 Å². The van der Waals surface area contributed by atoms with E-state index in [2.05, 4.69) is 27.7 Å². The Morgan fingerprint density at radius 3 is 2.09 bits per heavy atom. The molecule has 0 N–H and O–H groups in total. The molecule has 0 spiro atoms. The quantitative estimate of drug-likeness (QED) is 0.568. The standard InChI is InChI=1S/C11H22/c1-8(2)10(4)11-7-5-6-9(11)3/h8-11H,5-7H2,1-4H3/t9-,10-,11+/m1/s1. The molecule has 1 aliphatic rings. The Bertz CT molecular complexity index is 115. The van der Waals surface area contributed by atoms with Crippen LogP contribution in [0.4, 0.5) is 0 Å². The van der Waals surface area contributed by atoms with Crippen LogP contribution in [0.15, 0.2) is 0 Å². The monoisotopic (exact) mass is 154 g/mol. The highest BCUT2D eigenvalue weighted by Crippen LogP contribution is 2.39. The Labute approximate surface area is 71.4 Å². The first-order valence-corrected chi connectivity index (χ1v) is 5.13. The van der Waals surface area contributed by atoms with E-state index in [1.807, 2.05) is 0 Å². The molecule has 0 amide bonds. The van der Waals surface area contributed by atoms with Gasteiger partial charge in [-0.2, -0.15) is 0 Å². The summed E-state index contributed by atoms with van der Waals surface area (Å²) in [6.45, 7) is 9.57. The summed E-state index contributed by atoms with van der Waals surface area (Å²) in [5.74, 6) is 3.83. The summed E-state index contributed by atoms with van der Waals surface area (Å²) in [6, 6.07) is 0. The molecule has 0 radical (unpaired) electrons. The van der Waals surface area contributed by atoms with Crippen molar-refractivity contribution in [2.24, 2.45) is 23.7 Å². The van der Waals surface area contributed by atoms with Crippen molar-refractivity contribution in [3.8, 4) is 0 Å². The van der Waals surface area contributed by atoms with E-state index >= 15 is 0 Å². The van der Waals surface area contributed by atoms with Gasteiger partial charge in [0.05, 0.1) is 0 Å². The van der Waals surface area contributed by atoms with Gasteiger partial charge >= 0.3 is 0 Å². The Balaban J connectivity index is 2.45. The highest BCUT2D eigenvalue weighted by Gasteiger charge is 2.29. The van der Waals surface area contributed by atoms with Crippen molar-refractivity contribution in [2.45, 2.75) is 47.0 Å². The topological polar surface area (TPSA) is 0 Å². The second-order valence-corrected chi connectivity index (χ2v) is 4.68. The van der Waals surface area contributed by atoms with E-state index in [0.29, 0.717) is 0 Å². The normalized spacial score (nSPS) is 34.6. The molecule has 0 heteroatoms. The molecule has 1 fully saturated rings. The van der Waals surface area contributed by atoms with E-state index in [-0.39, 0.29) is 0 Å². The summed E-state index contributed by atoms with van der Waals surface area (Å²) >= 11 is 0. The van der Waals surface area contributed by atoms with Crippen LogP contribution in [0, 0.1) is 23.7 Å². The fourth-order valence-electron chi connectivity index (χ4n) is 2.45. The molecule has 0 aromatic rings. The third kappa shape index (κ3) is 1.98. The average Bonchev–Trinajstić information content (AvgIpc) is 2.33. The zero-order valence-corrected chi connectivity index (χ0v) is 8.43. The van der Waals surface area contributed by atoms with E-state index in [1.165, 1.54) is 19.3 Å². The van der Waals surface area contributed by atoms with Gasteiger partial charge < -0.3 is 0 Å². The lowest BCUT2D eigenvalue weighted by Gasteiger charge is -2.26. The van der Waals surface area contributed by atoms with Crippen LogP contribution in [0.1, 0.15) is 47.0 Å². The molecule has 0 aromatic carbocycles. The van der Waals surface area contributed by atoms with Crippen LogP contribution < -0.4 is 0 Å². The summed E-state index contributed by atoms with van der Waals surface area (Å²) in [5.41, 5.74) is 0. The zero-order chi connectivity index (χ0) is 8.43. The van der Waals surface area contributed by atoms with Crippen LogP contribution in [-0.2, 0) is 0 Å². The lowest BCUT2D eigenvalue weighted by atomic mass is 9.80. The molecule has 0 aliphatic heterocycles. The van der Waals surface area contributed by atoms with Crippen molar-refractivity contribution in [1.29, 1.82) is 0 Å². The van der Waals surface area contributed by atoms with Gasteiger partial charge in [-0.25, -0.2) is 0 Å². The molecule has 0 unspecified atom stereocenters. The van der Waals surface area contributed by atoms with Gasteiger partial charge in [-0.3, -0.25) is 0 Å². The number of hydrogen-bond donors (Lipinski definition) is 0. The van der Waals surface area contributed by atoms with E-state index in [0.717, 1.165) is 23.7 Å². The molecule has 0 bridgehead atoms. The van der Waals surface area contributed by atoms with E-state index in [9.17, 15) is 0 Å². The van der Waals surface area contributed by atoms with Crippen LogP contribution >= 0.6 is 0 Å². The molecule has 1 rings (SSSR count). The lowest BCUT2D eigenvalue weighted by Crippen LogP contribution is -2.19. The molecule has 66 valence electrons. The van der Waals surface area contributed by atoms with E-state index < -0.39 is 0 Å². The van der Waals surface area contributed by atoms with Crippen molar-refractivity contribution in [2.75, 3.05) is 0 Å². The molecule has 11 heavy (non-hydrogen) atoms. The fraction of sp³-hybridized carbons (Fsp3) is 1.00. The number of hydrogen-bond acceptors (Lipinski definition) is 0. The molecular weight excluding hydrogens is 132 g/mol. The molecule has 1 aliphatic carbocycles. The largest absolute Gasteiger partial charge is 0.0625 e. The van der Waals surface area contributed by atoms with Crippen molar-refractivity contribution < 1.29 is 0 Å². The number of rotatable bonds is 2. The van der Waals surface area contributed by atoms with Crippen molar-refractivity contribution in [3.05, 3.63) is 0 Å². The average molecular weight is 154 g/mol. The minimum atomic E-state index is 0.876. The van der Waals surface area contributed by atoms with Crippen LogP contribution in [0.3, 0.4) is 0 Å². The van der Waals surface area contributed by atoms with Crippen LogP contribution in [0.25, 0.3) is 0 Å². The minimum Gasteiger partial charge on any atom is -0.0625 e. The maximum atomic E-state index is 2.43. The van der Waals surface area contributed by atoms with Gasteiger partial charge in [-0.1, -0.05) is 40.5 Å². The van der Waals surface area contributed by atoms with Crippen molar-refractivity contribution in [3.63, 3.8) is 0 Å². The second-order valence-electron chi connectivity index (χ2n) is 4.68. The highest BCUT2D eigenvalue weighted by atomic mass is 14.3. The third-order valence-electron chi connectivity index (χ3n) is 3.65. The molecule has 3 atom stereocenters. The Kier molecular flexibility index (Phi) is 2.98. The van der Waals surface area contributed by atoms with Gasteiger partial charge in [-0.15, -0.1) is 0 Å². The predicted molar refractivity (Wildman–Crippen MR) is 50.5 cm³/mol. The molecule has 0 nitrogen and oxygen atoms in total. The summed E-state index contributed by atoms with van der Waals surface area (Å²) in [4.78, 5) is 0. The lowest BCUT2D eigenvalue weighted by molar-refractivity contribution is 0.233. The second kappa shape index (κ2) is 3.60. The van der Waals surface area contributed by atoms with Gasteiger partial charge in [-0.05, 0) is 30.1 Å². The summed E-state index contributed by atoms with van der Waals surface area (Å²) < 4.78 is 0. The van der Waals surface area contributed by atoms with Gasteiger partial charge in [0.2, 0.25) is 0 Å².